The van der Waals surface area contributed by atoms with Gasteiger partial charge in [-0.15, -0.1) is 0 Å². The summed E-state index contributed by atoms with van der Waals surface area (Å²) in [5, 5.41) is 1.39. The quantitative estimate of drug-likeness (QED) is 0.531. The van der Waals surface area contributed by atoms with Crippen LogP contribution >= 0.6 is 23.2 Å². The smallest absolute Gasteiger partial charge is 0.143 e. The predicted octanol–water partition coefficient (Wildman–Crippen LogP) is 5.76. The molecule has 0 saturated carbocycles. The second-order valence-corrected chi connectivity index (χ2v) is 8.16. The molecule has 156 valence electrons. The normalized spacial score (nSPS) is 20.2. The van der Waals surface area contributed by atoms with Crippen LogP contribution in [-0.4, -0.2) is 38.4 Å². The summed E-state index contributed by atoms with van der Waals surface area (Å²) in [5.74, 6) is 1.66. The molecule has 2 aromatic rings. The minimum atomic E-state index is -0.0475. The van der Waals surface area contributed by atoms with Gasteiger partial charge in [0.2, 0.25) is 0 Å². The van der Waals surface area contributed by atoms with Crippen molar-refractivity contribution in [1.29, 1.82) is 0 Å². The highest BCUT2D eigenvalue weighted by Crippen LogP contribution is 2.37. The van der Waals surface area contributed by atoms with Gasteiger partial charge in [-0.1, -0.05) is 48.5 Å². The van der Waals surface area contributed by atoms with E-state index in [0.717, 1.165) is 49.1 Å². The van der Waals surface area contributed by atoms with E-state index >= 15 is 0 Å². The van der Waals surface area contributed by atoms with Crippen LogP contribution in [0.2, 0.25) is 10.0 Å². The zero-order valence-corrected chi connectivity index (χ0v) is 18.1. The van der Waals surface area contributed by atoms with E-state index in [9.17, 15) is 0 Å². The van der Waals surface area contributed by atoms with Crippen LogP contribution in [0.5, 0.6) is 11.5 Å². The van der Waals surface area contributed by atoms with Gasteiger partial charge in [0.1, 0.15) is 23.7 Å². The van der Waals surface area contributed by atoms with Crippen molar-refractivity contribution in [3.8, 4) is 11.5 Å². The molecule has 2 unspecified atom stereocenters. The molecular weight excluding hydrogens is 419 g/mol. The first-order valence-electron chi connectivity index (χ1n) is 9.90. The van der Waals surface area contributed by atoms with Crippen LogP contribution in [-0.2, 0) is 0 Å². The van der Waals surface area contributed by atoms with Crippen LogP contribution in [0.4, 0.5) is 11.4 Å². The van der Waals surface area contributed by atoms with E-state index in [1.54, 1.807) is 0 Å². The molecule has 0 spiro atoms. The van der Waals surface area contributed by atoms with Gasteiger partial charge in [-0.25, -0.2) is 0 Å². The number of ether oxygens (including phenoxy) is 2. The largest absolute Gasteiger partial charge is 0.482 e. The van der Waals surface area contributed by atoms with Gasteiger partial charge < -0.3 is 19.3 Å². The monoisotopic (exact) mass is 442 g/mol. The average molecular weight is 443 g/mol. The van der Waals surface area contributed by atoms with Crippen molar-refractivity contribution in [1.82, 2.24) is 0 Å². The Kier molecular flexibility index (Phi) is 6.26. The van der Waals surface area contributed by atoms with Gasteiger partial charge in [-0.2, -0.15) is 0 Å². The third kappa shape index (κ3) is 4.45. The van der Waals surface area contributed by atoms with E-state index in [1.807, 2.05) is 48.6 Å². The highest BCUT2D eigenvalue weighted by molar-refractivity contribution is 6.31. The molecule has 4 nitrogen and oxygen atoms in total. The van der Waals surface area contributed by atoms with Gasteiger partial charge in [0.05, 0.1) is 24.5 Å². The SMILES string of the molecule is C=CC1CN(C/C=C/CN2CC(C=C)Oc3ccc(Cl)cc32)c2cc(Cl)ccc2O1. The van der Waals surface area contributed by atoms with Crippen molar-refractivity contribution in [2.45, 2.75) is 12.2 Å². The Morgan fingerprint density at radius 3 is 1.63 bits per heavy atom. The van der Waals surface area contributed by atoms with E-state index in [-0.39, 0.29) is 12.2 Å². The Morgan fingerprint density at radius 2 is 1.23 bits per heavy atom. The maximum Gasteiger partial charge on any atom is 0.143 e. The molecule has 30 heavy (non-hydrogen) atoms. The van der Waals surface area contributed by atoms with E-state index in [4.69, 9.17) is 32.7 Å². The second kappa shape index (κ2) is 9.07. The van der Waals surface area contributed by atoms with Crippen LogP contribution in [0.1, 0.15) is 0 Å². The highest BCUT2D eigenvalue weighted by atomic mass is 35.5. The summed E-state index contributed by atoms with van der Waals surface area (Å²) >= 11 is 12.4. The fraction of sp³-hybridized carbons (Fsp3) is 0.250. The lowest BCUT2D eigenvalue weighted by Gasteiger charge is -2.35. The lowest BCUT2D eigenvalue weighted by molar-refractivity contribution is 0.240. The standard InChI is InChI=1S/C24H24Cl2N2O2/c1-3-19-15-27(21-13-17(25)7-9-23(21)29-19)11-5-6-12-28-16-20(4-2)30-24-10-8-18(26)14-22(24)28/h3-10,13-14,19-20H,1-2,11-12,15-16H2/b6-5+. The lowest BCUT2D eigenvalue weighted by Crippen LogP contribution is -2.40. The summed E-state index contributed by atoms with van der Waals surface area (Å²) in [5.41, 5.74) is 2.00. The number of benzene rings is 2. The van der Waals surface area contributed by atoms with Crippen molar-refractivity contribution in [2.75, 3.05) is 36.0 Å². The van der Waals surface area contributed by atoms with E-state index in [0.29, 0.717) is 10.0 Å². The van der Waals surface area contributed by atoms with Crippen molar-refractivity contribution in [3.63, 3.8) is 0 Å². The molecule has 2 aliphatic heterocycles. The van der Waals surface area contributed by atoms with Crippen LogP contribution in [0, 0.1) is 0 Å². The lowest BCUT2D eigenvalue weighted by atomic mass is 10.1. The first kappa shape index (κ1) is 20.7. The van der Waals surface area contributed by atoms with Gasteiger partial charge >= 0.3 is 0 Å². The van der Waals surface area contributed by atoms with E-state index in [2.05, 4.69) is 35.1 Å². The molecule has 0 aromatic heterocycles. The fourth-order valence-electron chi connectivity index (χ4n) is 3.70. The molecule has 2 aromatic carbocycles. The average Bonchev–Trinajstić information content (AvgIpc) is 2.76. The van der Waals surface area contributed by atoms with Crippen molar-refractivity contribution >= 4 is 34.6 Å². The zero-order chi connectivity index (χ0) is 21.1. The van der Waals surface area contributed by atoms with Crippen LogP contribution < -0.4 is 19.3 Å². The molecule has 0 aliphatic carbocycles. The molecule has 4 rings (SSSR count). The molecule has 0 radical (unpaired) electrons. The van der Waals surface area contributed by atoms with Crippen LogP contribution in [0.15, 0.2) is 73.9 Å². The minimum Gasteiger partial charge on any atom is -0.482 e. The molecular formula is C24H24Cl2N2O2. The first-order chi connectivity index (χ1) is 14.6. The van der Waals surface area contributed by atoms with Gasteiger partial charge in [0.25, 0.3) is 0 Å². The number of hydrogen-bond donors (Lipinski definition) is 0. The van der Waals surface area contributed by atoms with Crippen LogP contribution in [0.3, 0.4) is 0 Å². The summed E-state index contributed by atoms with van der Waals surface area (Å²) in [4.78, 5) is 4.51. The molecule has 2 aliphatic rings. The van der Waals surface area contributed by atoms with Crippen LogP contribution in [0.25, 0.3) is 0 Å². The number of anilines is 2. The number of hydrogen-bond acceptors (Lipinski definition) is 4. The zero-order valence-electron chi connectivity index (χ0n) is 16.6. The number of halogens is 2. The molecule has 0 N–H and O–H groups in total. The van der Waals surface area contributed by atoms with E-state index in [1.165, 1.54) is 0 Å². The molecule has 2 heterocycles. The summed E-state index contributed by atoms with van der Waals surface area (Å²) in [6.45, 7) is 10.7. The summed E-state index contributed by atoms with van der Waals surface area (Å²) in [6.07, 6.45) is 7.90. The van der Waals surface area contributed by atoms with E-state index < -0.39 is 0 Å². The molecule has 6 heteroatoms. The Hall–Kier alpha value is -2.56. The topological polar surface area (TPSA) is 24.9 Å². The summed E-state index contributed by atoms with van der Waals surface area (Å²) < 4.78 is 11.9. The second-order valence-electron chi connectivity index (χ2n) is 7.29. The summed E-state index contributed by atoms with van der Waals surface area (Å²) in [7, 11) is 0. The fourth-order valence-corrected chi connectivity index (χ4v) is 4.03. The van der Waals surface area contributed by atoms with Crippen molar-refractivity contribution in [2.24, 2.45) is 0 Å². The van der Waals surface area contributed by atoms with Gasteiger partial charge in [0.15, 0.2) is 0 Å². The summed E-state index contributed by atoms with van der Waals surface area (Å²) in [6, 6.07) is 11.4. The highest BCUT2D eigenvalue weighted by Gasteiger charge is 2.25. The third-order valence-corrected chi connectivity index (χ3v) is 5.69. The number of fused-ring (bicyclic) bond motifs is 2. The van der Waals surface area contributed by atoms with Gasteiger partial charge in [-0.05, 0) is 48.6 Å². The third-order valence-electron chi connectivity index (χ3n) is 5.22. The first-order valence-corrected chi connectivity index (χ1v) is 10.7. The predicted molar refractivity (Wildman–Crippen MR) is 126 cm³/mol. The van der Waals surface area contributed by atoms with Crippen molar-refractivity contribution < 1.29 is 9.47 Å². The molecule has 0 amide bonds. The Morgan fingerprint density at radius 1 is 0.800 bits per heavy atom. The van der Waals surface area contributed by atoms with Gasteiger partial charge in [-0.3, -0.25) is 0 Å². The Balaban J connectivity index is 1.47. The maximum atomic E-state index is 6.21. The number of nitrogens with zero attached hydrogens (tertiary/aromatic N) is 2. The molecule has 0 bridgehead atoms. The maximum absolute atomic E-state index is 6.21. The Bertz CT molecular complexity index is 898. The molecule has 0 fully saturated rings. The number of rotatable bonds is 6. The minimum absolute atomic E-state index is 0.0475. The van der Waals surface area contributed by atoms with Crippen molar-refractivity contribution in [3.05, 3.63) is 83.9 Å². The molecule has 0 saturated heterocycles. The van der Waals surface area contributed by atoms with Gasteiger partial charge in [0, 0.05) is 23.1 Å². The molecule has 2 atom stereocenters. The Labute approximate surface area is 187 Å².